The highest BCUT2D eigenvalue weighted by molar-refractivity contribution is 7.89. The number of carbonyl (C=O) groups is 1. The highest BCUT2D eigenvalue weighted by atomic mass is 32.2. The number of fused-ring (bicyclic) bond motifs is 1. The summed E-state index contributed by atoms with van der Waals surface area (Å²) in [4.78, 5) is 28.1. The Bertz CT molecular complexity index is 1450. The van der Waals surface area contributed by atoms with Crippen molar-refractivity contribution in [2.45, 2.75) is 43.7 Å². The van der Waals surface area contributed by atoms with E-state index in [0.29, 0.717) is 57.0 Å². The predicted molar refractivity (Wildman–Crippen MR) is 166 cm³/mol. The fraction of sp³-hybridized carbons (Fsp3) is 0.613. The van der Waals surface area contributed by atoms with Crippen LogP contribution < -0.4 is 20.2 Å². The van der Waals surface area contributed by atoms with Crippen molar-refractivity contribution in [2.24, 2.45) is 17.8 Å². The quantitative estimate of drug-likeness (QED) is 0.452. The number of hydroxylamine groups is 1. The molecular weight excluding hydrogens is 584 g/mol. The van der Waals surface area contributed by atoms with Gasteiger partial charge < -0.3 is 29.8 Å². The van der Waals surface area contributed by atoms with Crippen LogP contribution in [0.25, 0.3) is 0 Å². The average molecular weight is 627 g/mol. The number of aromatic nitrogens is 1. The maximum atomic E-state index is 13.1. The number of para-hydroxylation sites is 2. The number of nitrogens with one attached hydrogen (secondary N) is 1. The van der Waals surface area contributed by atoms with E-state index in [1.807, 2.05) is 42.6 Å². The molecule has 44 heavy (non-hydrogen) atoms. The second-order valence-corrected chi connectivity index (χ2v) is 15.1. The van der Waals surface area contributed by atoms with Gasteiger partial charge in [-0.15, -0.1) is 0 Å². The lowest BCUT2D eigenvalue weighted by Gasteiger charge is -2.57. The van der Waals surface area contributed by atoms with E-state index in [0.717, 1.165) is 55.0 Å². The summed E-state index contributed by atoms with van der Waals surface area (Å²) in [6.07, 6.45) is 6.00. The van der Waals surface area contributed by atoms with Gasteiger partial charge in [0.2, 0.25) is 10.0 Å². The summed E-state index contributed by atoms with van der Waals surface area (Å²) in [5, 5.41) is 15.7. The molecule has 1 saturated heterocycles. The molecule has 238 valence electrons. The number of sulfonamides is 1. The molecule has 8 rings (SSSR count). The van der Waals surface area contributed by atoms with Crippen LogP contribution in [-0.2, 0) is 19.6 Å². The minimum absolute atomic E-state index is 0.00275. The monoisotopic (exact) mass is 626 g/mol. The third kappa shape index (κ3) is 5.70. The molecule has 6 aliphatic rings. The van der Waals surface area contributed by atoms with Gasteiger partial charge in [0.1, 0.15) is 5.82 Å². The molecule has 2 aliphatic heterocycles. The number of piperazine rings is 1. The van der Waals surface area contributed by atoms with E-state index in [9.17, 15) is 18.3 Å². The fourth-order valence-electron chi connectivity index (χ4n) is 8.41. The third-order valence-corrected chi connectivity index (χ3v) is 12.1. The van der Waals surface area contributed by atoms with Crippen LogP contribution >= 0.6 is 0 Å². The smallest absolute Gasteiger partial charge is 0.390 e. The number of rotatable bonds is 8. The molecule has 5 fully saturated rings. The Labute approximate surface area is 258 Å². The zero-order valence-electron chi connectivity index (χ0n) is 25.2. The first-order valence-corrected chi connectivity index (χ1v) is 17.3. The second kappa shape index (κ2) is 11.7. The van der Waals surface area contributed by atoms with Gasteiger partial charge in [0.25, 0.3) is 0 Å². The lowest BCUT2D eigenvalue weighted by atomic mass is 9.52. The van der Waals surface area contributed by atoms with Gasteiger partial charge in [-0.1, -0.05) is 12.1 Å². The van der Waals surface area contributed by atoms with E-state index in [1.165, 1.54) is 11.4 Å². The molecule has 0 radical (unpaired) electrons. The van der Waals surface area contributed by atoms with E-state index in [2.05, 4.69) is 15.1 Å². The summed E-state index contributed by atoms with van der Waals surface area (Å²) in [6, 6.07) is 11.9. The van der Waals surface area contributed by atoms with E-state index in [1.54, 1.807) is 5.06 Å². The van der Waals surface area contributed by atoms with E-state index in [4.69, 9.17) is 14.6 Å². The van der Waals surface area contributed by atoms with Gasteiger partial charge >= 0.3 is 6.09 Å². The van der Waals surface area contributed by atoms with Crippen molar-refractivity contribution in [1.29, 1.82) is 0 Å². The first-order chi connectivity index (χ1) is 21.2. The average Bonchev–Trinajstić information content (AvgIpc) is 3.01. The Balaban J connectivity index is 0.979. The minimum Gasteiger partial charge on any atom is -0.390 e. The Morgan fingerprint density at radius 1 is 1.00 bits per heavy atom. The van der Waals surface area contributed by atoms with Crippen LogP contribution in [-0.4, -0.2) is 99.3 Å². The molecule has 4 aliphatic carbocycles. The zero-order valence-corrected chi connectivity index (χ0v) is 26.0. The van der Waals surface area contributed by atoms with Gasteiger partial charge in [0.15, 0.2) is 0 Å². The number of methoxy groups -OCH3 is 1. The number of anilines is 4. The molecule has 3 unspecified atom stereocenters. The van der Waals surface area contributed by atoms with Crippen LogP contribution in [0.1, 0.15) is 32.1 Å². The molecule has 1 aromatic carbocycles. The molecule has 0 spiro atoms. The van der Waals surface area contributed by atoms with Gasteiger partial charge in [-0.3, -0.25) is 0 Å². The Kier molecular flexibility index (Phi) is 7.84. The topological polar surface area (TPSA) is 128 Å². The number of hydrogen-bond donors (Lipinski definition) is 2. The largest absolute Gasteiger partial charge is 0.431 e. The summed E-state index contributed by atoms with van der Waals surface area (Å²) in [7, 11) is -1.81. The zero-order chi connectivity index (χ0) is 30.5. The van der Waals surface area contributed by atoms with Gasteiger partial charge in [0, 0.05) is 45.9 Å². The van der Waals surface area contributed by atoms with Crippen molar-refractivity contribution in [3.05, 3.63) is 42.6 Å². The van der Waals surface area contributed by atoms with Crippen molar-refractivity contribution in [3.8, 4) is 0 Å². The van der Waals surface area contributed by atoms with Gasteiger partial charge in [0.05, 0.1) is 47.8 Å². The van der Waals surface area contributed by atoms with E-state index in [-0.39, 0.29) is 18.4 Å². The first-order valence-electron chi connectivity index (χ1n) is 15.7. The van der Waals surface area contributed by atoms with Gasteiger partial charge in [-0.2, -0.15) is 4.31 Å². The standard InChI is InChI=1S/C31H42N6O6S/c1-42-14-15-44(40,41)35-10-8-34(9-11-35)25-6-7-28(32-21-25)36-12-13-37(27-5-3-2-4-26(27)36)43-30(38)33-29-23-16-22-17-24(29)20-31(39,18-22)19-23/h2-7,21-24,29,39H,8-20H2,1H3,(H,33,38)/t22?,23-,24+,29?,31?. The molecule has 2 N–H and O–H groups in total. The molecule has 12 nitrogen and oxygen atoms in total. The van der Waals surface area contributed by atoms with Gasteiger partial charge in [-0.25, -0.2) is 23.3 Å². The number of ether oxygens (including phenoxy) is 1. The molecule has 3 heterocycles. The second-order valence-electron chi connectivity index (χ2n) is 13.1. The molecule has 5 atom stereocenters. The van der Waals surface area contributed by atoms with Crippen LogP contribution in [0.3, 0.4) is 0 Å². The van der Waals surface area contributed by atoms with Crippen molar-refractivity contribution >= 4 is 39.0 Å². The molecule has 1 aromatic heterocycles. The number of amides is 1. The minimum atomic E-state index is -3.32. The summed E-state index contributed by atoms with van der Waals surface area (Å²) in [5.74, 6) is 1.99. The summed E-state index contributed by atoms with van der Waals surface area (Å²) in [6.45, 7) is 3.31. The molecule has 1 amide bonds. The lowest BCUT2D eigenvalue weighted by Crippen LogP contribution is -2.62. The predicted octanol–water partition coefficient (Wildman–Crippen LogP) is 2.72. The number of carbonyl (C=O) groups excluding carboxylic acids is 1. The first kappa shape index (κ1) is 29.6. The SMILES string of the molecule is COCCS(=O)(=O)N1CCN(c2ccc(N3CCN(OC(=O)NC4[C@@H]5CC6C[C@H]4CC(O)(C6)C5)c4ccccc43)nc2)CC1. The Morgan fingerprint density at radius 2 is 1.73 bits per heavy atom. The molecule has 13 heteroatoms. The fourth-order valence-corrected chi connectivity index (χ4v) is 9.77. The number of benzene rings is 1. The molecular formula is C31H42N6O6S. The highest BCUT2D eigenvalue weighted by Gasteiger charge is 2.55. The van der Waals surface area contributed by atoms with Gasteiger partial charge in [-0.05, 0) is 74.1 Å². The summed E-state index contributed by atoms with van der Waals surface area (Å²) < 4.78 is 31.5. The normalized spacial score (nSPS) is 29.9. The Hall–Kier alpha value is -3.13. The molecule has 4 saturated carbocycles. The van der Waals surface area contributed by atoms with Crippen molar-refractivity contribution in [1.82, 2.24) is 14.6 Å². The van der Waals surface area contributed by atoms with Crippen molar-refractivity contribution < 1.29 is 27.9 Å². The number of nitrogens with zero attached hydrogens (tertiary/aromatic N) is 5. The Morgan fingerprint density at radius 3 is 2.39 bits per heavy atom. The molecule has 2 aromatic rings. The number of pyridine rings is 1. The van der Waals surface area contributed by atoms with E-state index < -0.39 is 21.7 Å². The summed E-state index contributed by atoms with van der Waals surface area (Å²) >= 11 is 0. The third-order valence-electron chi connectivity index (χ3n) is 10.2. The van der Waals surface area contributed by atoms with Crippen molar-refractivity contribution in [2.75, 3.05) is 73.6 Å². The molecule has 4 bridgehead atoms. The van der Waals surface area contributed by atoms with Crippen LogP contribution in [0.4, 0.5) is 27.7 Å². The van der Waals surface area contributed by atoms with Crippen LogP contribution in [0, 0.1) is 17.8 Å². The van der Waals surface area contributed by atoms with Crippen LogP contribution in [0.15, 0.2) is 42.6 Å². The van der Waals surface area contributed by atoms with Crippen LogP contribution in [0.2, 0.25) is 0 Å². The highest BCUT2D eigenvalue weighted by Crippen LogP contribution is 2.55. The number of aliphatic hydroxyl groups is 1. The van der Waals surface area contributed by atoms with Crippen LogP contribution in [0.5, 0.6) is 0 Å². The maximum Gasteiger partial charge on any atom is 0.431 e. The maximum absolute atomic E-state index is 13.1. The lowest BCUT2D eigenvalue weighted by molar-refractivity contribution is -0.137. The summed E-state index contributed by atoms with van der Waals surface area (Å²) in [5.41, 5.74) is 2.11. The van der Waals surface area contributed by atoms with Crippen molar-refractivity contribution in [3.63, 3.8) is 0 Å². The van der Waals surface area contributed by atoms with E-state index >= 15 is 0 Å². The number of hydrogen-bond acceptors (Lipinski definition) is 10.